The first-order valence-corrected chi connectivity index (χ1v) is 5.75. The molecule has 0 aromatic carbocycles. The topological polar surface area (TPSA) is 22.1 Å². The Hall–Kier alpha value is -1.38. The monoisotopic (exact) mass is 219 g/mol. The summed E-state index contributed by atoms with van der Waals surface area (Å²) >= 11 is 0. The third-order valence-corrected chi connectivity index (χ3v) is 3.43. The first-order valence-electron chi connectivity index (χ1n) is 5.75. The first kappa shape index (κ1) is 9.82. The van der Waals surface area contributed by atoms with E-state index in [0.29, 0.717) is 18.7 Å². The highest BCUT2D eigenvalue weighted by Gasteiger charge is 2.37. The van der Waals surface area contributed by atoms with E-state index in [0.717, 1.165) is 18.4 Å². The molecule has 0 atom stereocenters. The third-order valence-electron chi connectivity index (χ3n) is 3.43. The number of pyridine rings is 1. The lowest BCUT2D eigenvalue weighted by Crippen LogP contribution is -2.40. The standard InChI is InChI=1S/C13H14FNO/c14-11-4-7-13(8-5-11)6-3-10-2-1-9-15-12(10)16-13/h1-3,6,9,11H,4-5,7-8H2. The van der Waals surface area contributed by atoms with Crippen molar-refractivity contribution in [1.82, 2.24) is 4.98 Å². The number of alkyl halides is 1. The molecule has 0 amide bonds. The molecule has 3 rings (SSSR count). The second kappa shape index (κ2) is 3.58. The highest BCUT2D eigenvalue weighted by molar-refractivity contribution is 5.58. The molecule has 2 aliphatic rings. The Bertz CT molecular complexity index is 422. The molecule has 1 aliphatic carbocycles. The number of rotatable bonds is 0. The minimum atomic E-state index is -0.659. The first-order chi connectivity index (χ1) is 7.77. The zero-order valence-electron chi connectivity index (χ0n) is 9.03. The van der Waals surface area contributed by atoms with Crippen molar-refractivity contribution in [2.24, 2.45) is 0 Å². The number of nitrogens with zero attached hydrogens (tertiary/aromatic N) is 1. The van der Waals surface area contributed by atoms with Crippen LogP contribution < -0.4 is 4.74 Å². The second-order valence-corrected chi connectivity index (χ2v) is 4.57. The third kappa shape index (κ3) is 1.60. The van der Waals surface area contributed by atoms with Crippen molar-refractivity contribution in [3.8, 4) is 5.88 Å². The molecular formula is C13H14FNO. The van der Waals surface area contributed by atoms with Gasteiger partial charge in [0.2, 0.25) is 5.88 Å². The van der Waals surface area contributed by atoms with Crippen molar-refractivity contribution in [3.05, 3.63) is 30.0 Å². The van der Waals surface area contributed by atoms with Gasteiger partial charge >= 0.3 is 0 Å². The van der Waals surface area contributed by atoms with Crippen molar-refractivity contribution < 1.29 is 9.13 Å². The van der Waals surface area contributed by atoms with Crippen LogP contribution in [-0.4, -0.2) is 16.8 Å². The van der Waals surface area contributed by atoms with E-state index in [-0.39, 0.29) is 5.60 Å². The van der Waals surface area contributed by atoms with Gasteiger partial charge in [-0.05, 0) is 50.0 Å². The van der Waals surface area contributed by atoms with Crippen LogP contribution in [0.25, 0.3) is 6.08 Å². The summed E-state index contributed by atoms with van der Waals surface area (Å²) in [6.07, 6.45) is 7.87. The van der Waals surface area contributed by atoms with Crippen LogP contribution in [-0.2, 0) is 0 Å². The van der Waals surface area contributed by atoms with Crippen molar-refractivity contribution in [3.63, 3.8) is 0 Å². The predicted molar refractivity (Wildman–Crippen MR) is 60.0 cm³/mol. The van der Waals surface area contributed by atoms with Gasteiger partial charge in [0.05, 0.1) is 0 Å². The smallest absolute Gasteiger partial charge is 0.221 e. The molecular weight excluding hydrogens is 205 g/mol. The quantitative estimate of drug-likeness (QED) is 0.668. The van der Waals surface area contributed by atoms with Gasteiger partial charge in [-0.2, -0.15) is 0 Å². The molecule has 0 bridgehead atoms. The molecule has 16 heavy (non-hydrogen) atoms. The fourth-order valence-corrected chi connectivity index (χ4v) is 2.42. The van der Waals surface area contributed by atoms with Gasteiger partial charge in [-0.25, -0.2) is 9.37 Å². The number of halogens is 1. The Balaban J connectivity index is 1.87. The largest absolute Gasteiger partial charge is 0.466 e. The van der Waals surface area contributed by atoms with E-state index in [1.54, 1.807) is 6.20 Å². The lowest BCUT2D eigenvalue weighted by atomic mass is 9.82. The Kier molecular flexibility index (Phi) is 2.20. The van der Waals surface area contributed by atoms with Gasteiger partial charge in [0, 0.05) is 11.8 Å². The SMILES string of the molecule is FC1CCC2(C=Cc3cccnc3O2)CC1. The summed E-state index contributed by atoms with van der Waals surface area (Å²) in [6, 6.07) is 3.87. The van der Waals surface area contributed by atoms with E-state index in [9.17, 15) is 4.39 Å². The Morgan fingerprint density at radius 1 is 1.38 bits per heavy atom. The molecule has 3 heteroatoms. The van der Waals surface area contributed by atoms with E-state index < -0.39 is 6.17 Å². The van der Waals surface area contributed by atoms with E-state index in [1.165, 1.54) is 0 Å². The number of hydrogen-bond donors (Lipinski definition) is 0. The van der Waals surface area contributed by atoms with Crippen molar-refractivity contribution >= 4 is 6.08 Å². The van der Waals surface area contributed by atoms with Crippen LogP contribution in [0.1, 0.15) is 31.2 Å². The Morgan fingerprint density at radius 2 is 2.19 bits per heavy atom. The van der Waals surface area contributed by atoms with Crippen LogP contribution >= 0.6 is 0 Å². The van der Waals surface area contributed by atoms with Crippen LogP contribution in [0, 0.1) is 0 Å². The maximum Gasteiger partial charge on any atom is 0.221 e. The summed E-state index contributed by atoms with van der Waals surface area (Å²) < 4.78 is 19.1. The van der Waals surface area contributed by atoms with Crippen molar-refractivity contribution in [2.75, 3.05) is 0 Å². The zero-order chi connectivity index (χ0) is 11.0. The minimum absolute atomic E-state index is 0.302. The fourth-order valence-electron chi connectivity index (χ4n) is 2.42. The van der Waals surface area contributed by atoms with Gasteiger partial charge in [0.1, 0.15) is 11.8 Å². The predicted octanol–water partition coefficient (Wildman–Crippen LogP) is 3.14. The molecule has 1 spiro atoms. The van der Waals surface area contributed by atoms with Crippen molar-refractivity contribution in [1.29, 1.82) is 0 Å². The fraction of sp³-hybridized carbons (Fsp3) is 0.462. The molecule has 1 aliphatic heterocycles. The van der Waals surface area contributed by atoms with Crippen LogP contribution in [0.4, 0.5) is 4.39 Å². The summed E-state index contributed by atoms with van der Waals surface area (Å²) in [5.41, 5.74) is 0.708. The van der Waals surface area contributed by atoms with Crippen LogP contribution in [0.2, 0.25) is 0 Å². The summed E-state index contributed by atoms with van der Waals surface area (Å²) in [6.45, 7) is 0. The Morgan fingerprint density at radius 3 is 3.00 bits per heavy atom. The van der Waals surface area contributed by atoms with Gasteiger partial charge in [-0.1, -0.05) is 0 Å². The molecule has 0 N–H and O–H groups in total. The van der Waals surface area contributed by atoms with Crippen LogP contribution in [0.3, 0.4) is 0 Å². The maximum atomic E-state index is 13.1. The number of ether oxygens (including phenoxy) is 1. The van der Waals surface area contributed by atoms with Crippen molar-refractivity contribution in [2.45, 2.75) is 37.5 Å². The van der Waals surface area contributed by atoms with Gasteiger partial charge < -0.3 is 4.74 Å². The average molecular weight is 219 g/mol. The van der Waals surface area contributed by atoms with Gasteiger partial charge in [-0.15, -0.1) is 0 Å². The highest BCUT2D eigenvalue weighted by Crippen LogP contribution is 2.39. The van der Waals surface area contributed by atoms with Gasteiger partial charge in [0.15, 0.2) is 0 Å². The summed E-state index contributed by atoms with van der Waals surface area (Å²) in [5, 5.41) is 0. The second-order valence-electron chi connectivity index (χ2n) is 4.57. The van der Waals surface area contributed by atoms with E-state index in [4.69, 9.17) is 4.74 Å². The maximum absolute atomic E-state index is 13.1. The van der Waals surface area contributed by atoms with Gasteiger partial charge in [0.25, 0.3) is 0 Å². The average Bonchev–Trinajstić information content (AvgIpc) is 2.33. The lowest BCUT2D eigenvalue weighted by Gasteiger charge is -2.38. The molecule has 1 saturated carbocycles. The van der Waals surface area contributed by atoms with Crippen LogP contribution in [0.15, 0.2) is 24.4 Å². The lowest BCUT2D eigenvalue weighted by molar-refractivity contribution is 0.0438. The Labute approximate surface area is 94.1 Å². The molecule has 2 nitrogen and oxygen atoms in total. The zero-order valence-corrected chi connectivity index (χ0v) is 9.03. The number of hydrogen-bond acceptors (Lipinski definition) is 2. The normalized spacial score (nSPS) is 32.2. The minimum Gasteiger partial charge on any atom is -0.466 e. The summed E-state index contributed by atoms with van der Waals surface area (Å²) in [4.78, 5) is 4.22. The molecule has 1 fully saturated rings. The molecule has 1 aromatic heterocycles. The summed E-state index contributed by atoms with van der Waals surface area (Å²) in [7, 11) is 0. The highest BCUT2D eigenvalue weighted by atomic mass is 19.1. The molecule has 1 aromatic rings. The van der Waals surface area contributed by atoms with E-state index in [2.05, 4.69) is 11.1 Å². The molecule has 0 unspecified atom stereocenters. The van der Waals surface area contributed by atoms with Gasteiger partial charge in [-0.3, -0.25) is 0 Å². The molecule has 84 valence electrons. The number of aromatic nitrogens is 1. The summed E-state index contributed by atoms with van der Waals surface area (Å²) in [5.74, 6) is 0.683. The number of fused-ring (bicyclic) bond motifs is 1. The molecule has 2 heterocycles. The molecule has 0 saturated heterocycles. The van der Waals surface area contributed by atoms with E-state index >= 15 is 0 Å². The van der Waals surface area contributed by atoms with E-state index in [1.807, 2.05) is 18.2 Å². The van der Waals surface area contributed by atoms with Crippen LogP contribution in [0.5, 0.6) is 5.88 Å². The molecule has 0 radical (unpaired) electrons.